The fraction of sp³-hybridized carbons (Fsp3) is 0.167. The van der Waals surface area contributed by atoms with E-state index in [0.717, 1.165) is 0 Å². The van der Waals surface area contributed by atoms with Crippen molar-refractivity contribution in [3.63, 3.8) is 0 Å². The van der Waals surface area contributed by atoms with Crippen LogP contribution in [0, 0.1) is 11.3 Å². The molecule has 2 amide bonds. The number of hydrogen-bond acceptors (Lipinski definition) is 6. The molecule has 1 heterocycles. The predicted molar refractivity (Wildman–Crippen MR) is 89.3 cm³/mol. The van der Waals surface area contributed by atoms with Crippen LogP contribution in [-0.2, 0) is 9.59 Å². The Labute approximate surface area is 149 Å². The highest BCUT2D eigenvalue weighted by atomic mass is 16.6. The second-order valence-electron chi connectivity index (χ2n) is 5.30. The van der Waals surface area contributed by atoms with Crippen LogP contribution in [0.15, 0.2) is 48.5 Å². The van der Waals surface area contributed by atoms with Gasteiger partial charge in [0.1, 0.15) is 18.4 Å². The minimum Gasteiger partial charge on any atom is -0.485 e. The fourth-order valence-electron chi connectivity index (χ4n) is 2.22. The SMILES string of the molecule is N#Cc1ccccc1OCC(=O)NNC(=O)C1COc2ccccc2O1. The summed E-state index contributed by atoms with van der Waals surface area (Å²) in [5.74, 6) is 0.178. The Morgan fingerprint density at radius 2 is 1.85 bits per heavy atom. The number of hydrazine groups is 1. The van der Waals surface area contributed by atoms with E-state index in [9.17, 15) is 9.59 Å². The standard InChI is InChI=1S/C18H15N3O5/c19-9-12-5-1-2-6-13(12)25-11-17(22)20-21-18(23)16-10-24-14-7-3-4-8-15(14)26-16/h1-8,16H,10-11H2,(H,20,22)(H,21,23). The lowest BCUT2D eigenvalue weighted by Gasteiger charge is -2.25. The number of fused-ring (bicyclic) bond motifs is 1. The Kier molecular flexibility index (Phi) is 5.19. The quantitative estimate of drug-likeness (QED) is 0.791. The van der Waals surface area contributed by atoms with Crippen molar-refractivity contribution in [2.45, 2.75) is 6.10 Å². The number of nitriles is 1. The number of carbonyl (C=O) groups excluding carboxylic acids is 2. The lowest BCUT2D eigenvalue weighted by Crippen LogP contribution is -2.51. The Hall–Kier alpha value is -3.73. The molecule has 0 radical (unpaired) electrons. The Balaban J connectivity index is 1.46. The molecule has 1 unspecified atom stereocenters. The summed E-state index contributed by atoms with van der Waals surface area (Å²) in [7, 11) is 0. The van der Waals surface area contributed by atoms with E-state index in [4.69, 9.17) is 19.5 Å². The molecule has 0 saturated heterocycles. The van der Waals surface area contributed by atoms with Crippen LogP contribution in [0.1, 0.15) is 5.56 Å². The highest BCUT2D eigenvalue weighted by Crippen LogP contribution is 2.30. The molecular weight excluding hydrogens is 338 g/mol. The van der Waals surface area contributed by atoms with E-state index in [2.05, 4.69) is 10.9 Å². The van der Waals surface area contributed by atoms with Crippen molar-refractivity contribution in [3.05, 3.63) is 54.1 Å². The van der Waals surface area contributed by atoms with Crippen LogP contribution in [0.5, 0.6) is 17.2 Å². The summed E-state index contributed by atoms with van der Waals surface area (Å²) < 4.78 is 16.2. The van der Waals surface area contributed by atoms with Crippen molar-refractivity contribution >= 4 is 11.8 Å². The molecule has 3 rings (SSSR count). The lowest BCUT2D eigenvalue weighted by molar-refractivity contribution is -0.135. The molecule has 2 aromatic rings. The van der Waals surface area contributed by atoms with Gasteiger partial charge in [0.15, 0.2) is 18.1 Å². The number of para-hydroxylation sites is 3. The van der Waals surface area contributed by atoms with Gasteiger partial charge in [0, 0.05) is 0 Å². The van der Waals surface area contributed by atoms with Crippen LogP contribution >= 0.6 is 0 Å². The smallest absolute Gasteiger partial charge is 0.283 e. The zero-order chi connectivity index (χ0) is 18.4. The van der Waals surface area contributed by atoms with Crippen molar-refractivity contribution in [2.24, 2.45) is 0 Å². The average Bonchev–Trinajstić information content (AvgIpc) is 2.70. The molecule has 2 aromatic carbocycles. The Bertz CT molecular complexity index is 862. The van der Waals surface area contributed by atoms with Crippen molar-refractivity contribution in [1.82, 2.24) is 10.9 Å². The minimum absolute atomic E-state index is 0.0325. The Morgan fingerprint density at radius 1 is 1.12 bits per heavy atom. The van der Waals surface area contributed by atoms with Gasteiger partial charge in [0.2, 0.25) is 6.10 Å². The number of hydrogen-bond donors (Lipinski definition) is 2. The number of ether oxygens (including phenoxy) is 3. The van der Waals surface area contributed by atoms with Crippen LogP contribution in [0.2, 0.25) is 0 Å². The van der Waals surface area contributed by atoms with Gasteiger partial charge in [0.25, 0.3) is 11.8 Å². The van der Waals surface area contributed by atoms with Gasteiger partial charge in [-0.1, -0.05) is 24.3 Å². The second-order valence-corrected chi connectivity index (χ2v) is 5.30. The van der Waals surface area contributed by atoms with Gasteiger partial charge in [-0.2, -0.15) is 5.26 Å². The van der Waals surface area contributed by atoms with E-state index in [0.29, 0.717) is 17.1 Å². The number of amides is 2. The maximum absolute atomic E-state index is 12.1. The van der Waals surface area contributed by atoms with Crippen molar-refractivity contribution in [2.75, 3.05) is 13.2 Å². The van der Waals surface area contributed by atoms with Gasteiger partial charge >= 0.3 is 0 Å². The summed E-state index contributed by atoms with van der Waals surface area (Å²) in [6.45, 7) is -0.325. The topological polar surface area (TPSA) is 110 Å². The van der Waals surface area contributed by atoms with Gasteiger partial charge in [0.05, 0.1) is 5.56 Å². The monoisotopic (exact) mass is 353 g/mol. The van der Waals surface area contributed by atoms with Crippen molar-refractivity contribution in [1.29, 1.82) is 5.26 Å². The number of carbonyl (C=O) groups is 2. The van der Waals surface area contributed by atoms with E-state index in [-0.39, 0.29) is 19.0 Å². The normalized spacial score (nSPS) is 14.7. The maximum atomic E-state index is 12.1. The third kappa shape index (κ3) is 4.02. The summed E-state index contributed by atoms with van der Waals surface area (Å²) in [5, 5.41) is 8.96. The fourth-order valence-corrected chi connectivity index (χ4v) is 2.22. The van der Waals surface area contributed by atoms with Crippen molar-refractivity contribution < 1.29 is 23.8 Å². The molecule has 2 N–H and O–H groups in total. The molecule has 0 aliphatic carbocycles. The minimum atomic E-state index is -0.884. The van der Waals surface area contributed by atoms with Crippen LogP contribution in [0.4, 0.5) is 0 Å². The molecule has 1 atom stereocenters. The zero-order valence-corrected chi connectivity index (χ0v) is 13.6. The first-order valence-electron chi connectivity index (χ1n) is 7.76. The molecule has 132 valence electrons. The molecule has 1 aliphatic rings. The average molecular weight is 353 g/mol. The van der Waals surface area contributed by atoms with Gasteiger partial charge in [-0.3, -0.25) is 20.4 Å². The highest BCUT2D eigenvalue weighted by Gasteiger charge is 2.27. The molecule has 26 heavy (non-hydrogen) atoms. The van der Waals surface area contributed by atoms with E-state index in [1.807, 2.05) is 6.07 Å². The van der Waals surface area contributed by atoms with Crippen LogP contribution in [-0.4, -0.2) is 31.1 Å². The van der Waals surface area contributed by atoms with E-state index in [1.54, 1.807) is 48.5 Å². The zero-order valence-electron chi connectivity index (χ0n) is 13.6. The van der Waals surface area contributed by atoms with E-state index >= 15 is 0 Å². The molecule has 8 nitrogen and oxygen atoms in total. The van der Waals surface area contributed by atoms with E-state index < -0.39 is 17.9 Å². The third-order valence-corrected chi connectivity index (χ3v) is 3.49. The van der Waals surface area contributed by atoms with Gasteiger partial charge in [-0.15, -0.1) is 0 Å². The van der Waals surface area contributed by atoms with Gasteiger partial charge < -0.3 is 14.2 Å². The van der Waals surface area contributed by atoms with Crippen LogP contribution in [0.25, 0.3) is 0 Å². The molecular formula is C18H15N3O5. The summed E-state index contributed by atoms with van der Waals surface area (Å²) >= 11 is 0. The third-order valence-electron chi connectivity index (χ3n) is 3.49. The summed E-state index contributed by atoms with van der Waals surface area (Å²) in [5.41, 5.74) is 4.80. The first kappa shape index (κ1) is 17.1. The number of benzene rings is 2. The number of nitrogens with zero attached hydrogens (tertiary/aromatic N) is 1. The number of nitrogens with one attached hydrogen (secondary N) is 2. The molecule has 0 bridgehead atoms. The first-order valence-corrected chi connectivity index (χ1v) is 7.76. The second kappa shape index (κ2) is 7.90. The molecule has 0 fully saturated rings. The van der Waals surface area contributed by atoms with Crippen LogP contribution < -0.4 is 25.1 Å². The molecule has 0 saturated carbocycles. The van der Waals surface area contributed by atoms with E-state index in [1.165, 1.54) is 0 Å². The van der Waals surface area contributed by atoms with Gasteiger partial charge in [-0.05, 0) is 24.3 Å². The molecule has 0 aromatic heterocycles. The summed E-state index contributed by atoms with van der Waals surface area (Å²) in [6, 6.07) is 15.5. The highest BCUT2D eigenvalue weighted by molar-refractivity contribution is 5.85. The predicted octanol–water partition coefficient (Wildman–Crippen LogP) is 0.924. The maximum Gasteiger partial charge on any atom is 0.283 e. The molecule has 0 spiro atoms. The number of rotatable bonds is 4. The lowest BCUT2D eigenvalue weighted by atomic mass is 10.2. The van der Waals surface area contributed by atoms with Gasteiger partial charge in [-0.25, -0.2) is 0 Å². The molecule has 8 heteroatoms. The summed E-state index contributed by atoms with van der Waals surface area (Å²) in [6.07, 6.45) is -0.884. The van der Waals surface area contributed by atoms with Crippen LogP contribution in [0.3, 0.4) is 0 Å². The summed E-state index contributed by atoms with van der Waals surface area (Å²) in [4.78, 5) is 23.9. The largest absolute Gasteiger partial charge is 0.485 e. The van der Waals surface area contributed by atoms with Crippen molar-refractivity contribution in [3.8, 4) is 23.3 Å². The molecule has 1 aliphatic heterocycles. The first-order chi connectivity index (χ1) is 12.7. The Morgan fingerprint density at radius 3 is 2.65 bits per heavy atom.